The highest BCUT2D eigenvalue weighted by Crippen LogP contribution is 2.13. The minimum absolute atomic E-state index is 0.0997. The van der Waals surface area contributed by atoms with Crippen molar-refractivity contribution in [1.29, 1.82) is 0 Å². The molecule has 0 N–H and O–H groups in total. The number of amides is 1. The summed E-state index contributed by atoms with van der Waals surface area (Å²) in [6, 6.07) is 0. The Bertz CT molecular complexity index is 573. The fourth-order valence-electron chi connectivity index (χ4n) is 5.01. The molecule has 0 saturated carbocycles. The van der Waals surface area contributed by atoms with Gasteiger partial charge in [0.2, 0.25) is 0 Å². The van der Waals surface area contributed by atoms with Crippen LogP contribution in [0.3, 0.4) is 0 Å². The largest absolute Gasteiger partial charge is 0.449 e. The van der Waals surface area contributed by atoms with Crippen LogP contribution < -0.4 is 0 Å². The molecular formula is C36H70N2O2. The van der Waals surface area contributed by atoms with Crippen molar-refractivity contribution in [3.05, 3.63) is 24.3 Å². The highest BCUT2D eigenvalue weighted by molar-refractivity contribution is 5.67. The summed E-state index contributed by atoms with van der Waals surface area (Å²) in [5, 5.41) is 0. The van der Waals surface area contributed by atoms with Crippen LogP contribution >= 0.6 is 0 Å². The Morgan fingerprint density at radius 3 is 1.45 bits per heavy atom. The lowest BCUT2D eigenvalue weighted by Gasteiger charge is -2.22. The van der Waals surface area contributed by atoms with E-state index < -0.39 is 0 Å². The quantitative estimate of drug-likeness (QED) is 0.0644. The van der Waals surface area contributed by atoms with Crippen molar-refractivity contribution in [1.82, 2.24) is 9.80 Å². The van der Waals surface area contributed by atoms with Crippen LogP contribution in [0.15, 0.2) is 24.3 Å². The highest BCUT2D eigenvalue weighted by atomic mass is 16.6. The molecule has 0 aliphatic heterocycles. The van der Waals surface area contributed by atoms with Crippen LogP contribution in [0.25, 0.3) is 0 Å². The van der Waals surface area contributed by atoms with Crippen LogP contribution in [0, 0.1) is 0 Å². The van der Waals surface area contributed by atoms with Crippen LogP contribution in [0.1, 0.15) is 162 Å². The molecule has 0 unspecified atom stereocenters. The number of carbonyl (C=O) groups is 1. The first-order chi connectivity index (χ1) is 19.6. The van der Waals surface area contributed by atoms with Crippen molar-refractivity contribution >= 4 is 6.09 Å². The first kappa shape index (κ1) is 38.7. The van der Waals surface area contributed by atoms with Gasteiger partial charge in [0.15, 0.2) is 0 Å². The van der Waals surface area contributed by atoms with Crippen molar-refractivity contribution in [3.8, 4) is 0 Å². The molecule has 0 aromatic rings. The maximum absolute atomic E-state index is 12.8. The zero-order valence-electron chi connectivity index (χ0n) is 27.6. The first-order valence-electron chi connectivity index (χ1n) is 17.5. The van der Waals surface area contributed by atoms with E-state index in [4.69, 9.17) is 4.74 Å². The SMILES string of the molecule is CCCCCC=CCC=CCCCCCCCCN(CCCCCCCCCCCC)C(=O)OCCCN(C)C. The lowest BCUT2D eigenvalue weighted by atomic mass is 10.1. The van der Waals surface area contributed by atoms with Crippen molar-refractivity contribution < 1.29 is 9.53 Å². The molecule has 0 rings (SSSR count). The lowest BCUT2D eigenvalue weighted by Crippen LogP contribution is -2.34. The Balaban J connectivity index is 3.99. The van der Waals surface area contributed by atoms with E-state index in [1.165, 1.54) is 122 Å². The first-order valence-corrected chi connectivity index (χ1v) is 17.5. The van der Waals surface area contributed by atoms with Crippen molar-refractivity contribution in [2.45, 2.75) is 162 Å². The van der Waals surface area contributed by atoms with E-state index in [2.05, 4.69) is 57.1 Å². The Hall–Kier alpha value is -1.29. The Labute approximate surface area is 251 Å². The van der Waals surface area contributed by atoms with Crippen LogP contribution in [-0.2, 0) is 4.74 Å². The van der Waals surface area contributed by atoms with E-state index in [1.807, 2.05) is 4.90 Å². The van der Waals surface area contributed by atoms with Gasteiger partial charge in [0.1, 0.15) is 0 Å². The summed E-state index contributed by atoms with van der Waals surface area (Å²) in [7, 11) is 4.12. The van der Waals surface area contributed by atoms with Crippen molar-refractivity contribution in [2.75, 3.05) is 40.3 Å². The molecule has 0 saturated heterocycles. The molecule has 0 fully saturated rings. The number of ether oxygens (including phenoxy) is 1. The standard InChI is InChI=1S/C36H70N2O2/c1-5-7-9-11-13-15-17-18-19-20-21-22-24-26-28-30-34-38(36(39)40-35-31-32-37(3)4)33-29-27-25-23-16-14-12-10-8-6-2/h13,15,18-19H,5-12,14,16-17,20-35H2,1-4H3. The normalized spacial score (nSPS) is 11.8. The molecule has 0 heterocycles. The molecule has 4 nitrogen and oxygen atoms in total. The monoisotopic (exact) mass is 563 g/mol. The second-order valence-electron chi connectivity index (χ2n) is 12.0. The third-order valence-electron chi connectivity index (χ3n) is 7.64. The third kappa shape index (κ3) is 29.7. The summed E-state index contributed by atoms with van der Waals surface area (Å²) < 4.78 is 5.63. The van der Waals surface area contributed by atoms with Gasteiger partial charge >= 0.3 is 6.09 Å². The van der Waals surface area contributed by atoms with Gasteiger partial charge in [-0.2, -0.15) is 0 Å². The molecule has 0 aromatic heterocycles. The summed E-state index contributed by atoms with van der Waals surface area (Å²) in [6.45, 7) is 7.71. The van der Waals surface area contributed by atoms with E-state index >= 15 is 0 Å². The van der Waals surface area contributed by atoms with Crippen molar-refractivity contribution in [3.63, 3.8) is 0 Å². The predicted octanol–water partition coefficient (Wildman–Crippen LogP) is 11.1. The lowest BCUT2D eigenvalue weighted by molar-refractivity contribution is 0.0976. The highest BCUT2D eigenvalue weighted by Gasteiger charge is 2.14. The summed E-state index contributed by atoms with van der Waals surface area (Å²) in [4.78, 5) is 16.9. The van der Waals surface area contributed by atoms with Gasteiger partial charge in [-0.25, -0.2) is 4.79 Å². The number of unbranched alkanes of at least 4 members (excludes halogenated alkanes) is 18. The van der Waals surface area contributed by atoms with E-state index in [0.29, 0.717) is 6.61 Å². The summed E-state index contributed by atoms with van der Waals surface area (Å²) in [5.41, 5.74) is 0. The molecule has 0 atom stereocenters. The number of rotatable bonds is 30. The van der Waals surface area contributed by atoms with Gasteiger partial charge in [-0.15, -0.1) is 0 Å². The molecule has 0 aliphatic rings. The van der Waals surface area contributed by atoms with Gasteiger partial charge in [-0.3, -0.25) is 0 Å². The minimum Gasteiger partial charge on any atom is -0.449 e. The number of nitrogens with zero attached hydrogens (tertiary/aromatic N) is 2. The average Bonchev–Trinajstić information content (AvgIpc) is 2.94. The van der Waals surface area contributed by atoms with Crippen LogP contribution in [0.2, 0.25) is 0 Å². The Kier molecular flexibility index (Phi) is 31.2. The molecule has 0 radical (unpaired) electrons. The molecule has 40 heavy (non-hydrogen) atoms. The molecular weight excluding hydrogens is 492 g/mol. The average molecular weight is 563 g/mol. The summed E-state index contributed by atoms with van der Waals surface area (Å²) in [5.74, 6) is 0. The van der Waals surface area contributed by atoms with Crippen molar-refractivity contribution in [2.24, 2.45) is 0 Å². The van der Waals surface area contributed by atoms with E-state index in [9.17, 15) is 4.79 Å². The van der Waals surface area contributed by atoms with Gasteiger partial charge in [0.05, 0.1) is 6.61 Å². The van der Waals surface area contributed by atoms with Gasteiger partial charge < -0.3 is 14.5 Å². The maximum Gasteiger partial charge on any atom is 0.409 e. The third-order valence-corrected chi connectivity index (χ3v) is 7.64. The molecule has 0 bridgehead atoms. The topological polar surface area (TPSA) is 32.8 Å². The number of allylic oxidation sites excluding steroid dienone is 4. The minimum atomic E-state index is -0.0997. The number of carbonyl (C=O) groups excluding carboxylic acids is 1. The number of hydrogen-bond acceptors (Lipinski definition) is 3. The fourth-order valence-corrected chi connectivity index (χ4v) is 5.01. The zero-order chi connectivity index (χ0) is 29.4. The molecule has 4 heteroatoms. The zero-order valence-corrected chi connectivity index (χ0v) is 27.6. The second-order valence-corrected chi connectivity index (χ2v) is 12.0. The number of hydrogen-bond donors (Lipinski definition) is 0. The molecule has 0 aliphatic carbocycles. The predicted molar refractivity (Wildman–Crippen MR) is 177 cm³/mol. The molecule has 236 valence electrons. The van der Waals surface area contributed by atoms with Crippen LogP contribution in [0.5, 0.6) is 0 Å². The fraction of sp³-hybridized carbons (Fsp3) is 0.861. The van der Waals surface area contributed by atoms with Gasteiger partial charge in [0, 0.05) is 19.6 Å². The van der Waals surface area contributed by atoms with Gasteiger partial charge in [0.25, 0.3) is 0 Å². The van der Waals surface area contributed by atoms with E-state index in [-0.39, 0.29) is 6.09 Å². The van der Waals surface area contributed by atoms with Gasteiger partial charge in [-0.05, 0) is 65.5 Å². The Morgan fingerprint density at radius 2 is 0.950 bits per heavy atom. The maximum atomic E-state index is 12.8. The summed E-state index contributed by atoms with van der Waals surface area (Å²) in [6.07, 6.45) is 38.3. The molecule has 1 amide bonds. The van der Waals surface area contributed by atoms with Crippen LogP contribution in [0.4, 0.5) is 4.79 Å². The Morgan fingerprint density at radius 1 is 0.525 bits per heavy atom. The molecule has 0 aromatic carbocycles. The summed E-state index contributed by atoms with van der Waals surface area (Å²) >= 11 is 0. The second kappa shape index (κ2) is 32.2. The van der Waals surface area contributed by atoms with Crippen LogP contribution in [-0.4, -0.2) is 56.2 Å². The molecule has 0 spiro atoms. The van der Waals surface area contributed by atoms with E-state index in [1.54, 1.807) is 0 Å². The van der Waals surface area contributed by atoms with E-state index in [0.717, 1.165) is 45.3 Å². The van der Waals surface area contributed by atoms with Gasteiger partial charge in [-0.1, -0.05) is 134 Å². The smallest absolute Gasteiger partial charge is 0.409 e.